The number of ether oxygens (including phenoxy) is 1. The molecule has 0 unspecified atom stereocenters. The molecule has 3 aliphatic rings. The Hall–Kier alpha value is -1.63. The minimum atomic E-state index is -0.279. The molecule has 6 heteroatoms. The first-order valence-electron chi connectivity index (χ1n) is 10.5. The monoisotopic (exact) mass is 387 g/mol. The van der Waals surface area contributed by atoms with E-state index >= 15 is 0 Å². The molecule has 1 aromatic carbocycles. The van der Waals surface area contributed by atoms with Crippen LogP contribution in [0.15, 0.2) is 18.2 Å². The van der Waals surface area contributed by atoms with Crippen molar-refractivity contribution in [3.8, 4) is 5.75 Å². The van der Waals surface area contributed by atoms with Crippen LogP contribution in [-0.4, -0.2) is 91.3 Å². The van der Waals surface area contributed by atoms with Gasteiger partial charge in [0, 0.05) is 56.4 Å². The molecule has 2 saturated heterocycles. The number of amides is 1. The summed E-state index contributed by atoms with van der Waals surface area (Å²) in [6, 6.07) is 5.91. The van der Waals surface area contributed by atoms with E-state index in [0.717, 1.165) is 69.0 Å². The predicted molar refractivity (Wildman–Crippen MR) is 109 cm³/mol. The van der Waals surface area contributed by atoms with Gasteiger partial charge in [0.15, 0.2) is 0 Å². The third-order valence-electron chi connectivity index (χ3n) is 7.14. The summed E-state index contributed by atoms with van der Waals surface area (Å²) >= 11 is 0. The zero-order chi connectivity index (χ0) is 19.8. The van der Waals surface area contributed by atoms with E-state index in [2.05, 4.69) is 16.8 Å². The van der Waals surface area contributed by atoms with Crippen LogP contribution < -0.4 is 4.74 Å². The minimum Gasteiger partial charge on any atom is -0.496 e. The van der Waals surface area contributed by atoms with Crippen LogP contribution in [0.2, 0.25) is 0 Å². The van der Waals surface area contributed by atoms with Crippen LogP contribution in [0, 0.1) is 18.8 Å². The minimum absolute atomic E-state index is 0.0939. The molecule has 1 aromatic rings. The molecule has 0 bridgehead atoms. The molecule has 154 valence electrons. The van der Waals surface area contributed by atoms with E-state index in [0.29, 0.717) is 11.8 Å². The maximum Gasteiger partial charge on any atom is 0.254 e. The Morgan fingerprint density at radius 2 is 1.79 bits per heavy atom. The SMILES string of the molecule is COc1cccc(C(=O)N2C[C@H]3C[C@@H](N4CCN(C)CC4)[C@H](O)C[C@H]3C2)c1C. The van der Waals surface area contributed by atoms with Crippen molar-refractivity contribution in [2.45, 2.75) is 31.9 Å². The molecule has 3 fully saturated rings. The molecule has 28 heavy (non-hydrogen) atoms. The second kappa shape index (κ2) is 8.01. The van der Waals surface area contributed by atoms with Gasteiger partial charge in [-0.15, -0.1) is 0 Å². The summed E-state index contributed by atoms with van der Waals surface area (Å²) in [5.74, 6) is 1.75. The quantitative estimate of drug-likeness (QED) is 0.851. The maximum atomic E-state index is 13.2. The van der Waals surface area contributed by atoms with Gasteiger partial charge in [0.1, 0.15) is 5.75 Å². The highest BCUT2D eigenvalue weighted by atomic mass is 16.5. The molecule has 1 aliphatic carbocycles. The Kier molecular flexibility index (Phi) is 5.63. The van der Waals surface area contributed by atoms with Crippen molar-refractivity contribution in [1.29, 1.82) is 0 Å². The fourth-order valence-corrected chi connectivity index (χ4v) is 5.36. The zero-order valence-electron chi connectivity index (χ0n) is 17.3. The van der Waals surface area contributed by atoms with Gasteiger partial charge in [-0.2, -0.15) is 0 Å². The summed E-state index contributed by atoms with van der Waals surface area (Å²) in [7, 11) is 3.80. The number of nitrogens with zero attached hydrogens (tertiary/aromatic N) is 3. The van der Waals surface area contributed by atoms with Crippen molar-refractivity contribution >= 4 is 5.91 Å². The summed E-state index contributed by atoms with van der Waals surface area (Å²) in [6.45, 7) is 7.70. The number of piperazine rings is 1. The van der Waals surface area contributed by atoms with E-state index in [9.17, 15) is 9.90 Å². The molecular formula is C22H33N3O3. The molecule has 2 aliphatic heterocycles. The van der Waals surface area contributed by atoms with Gasteiger partial charge in [-0.05, 0) is 50.8 Å². The summed E-state index contributed by atoms with van der Waals surface area (Å²) in [5, 5.41) is 10.8. The average molecular weight is 388 g/mol. The number of likely N-dealkylation sites (tertiary alicyclic amines) is 1. The van der Waals surface area contributed by atoms with Crippen molar-refractivity contribution in [2.75, 3.05) is 53.4 Å². The lowest BCUT2D eigenvalue weighted by molar-refractivity contribution is -0.0249. The number of methoxy groups -OCH3 is 1. The molecule has 1 amide bonds. The normalized spacial score (nSPS) is 31.6. The van der Waals surface area contributed by atoms with Crippen LogP contribution in [0.3, 0.4) is 0 Å². The maximum absolute atomic E-state index is 13.2. The number of carbonyl (C=O) groups excluding carboxylic acids is 1. The van der Waals surface area contributed by atoms with Crippen LogP contribution in [0.1, 0.15) is 28.8 Å². The summed E-state index contributed by atoms with van der Waals surface area (Å²) in [6.07, 6.45) is 1.53. The van der Waals surface area contributed by atoms with Crippen molar-refractivity contribution in [3.63, 3.8) is 0 Å². The second-order valence-corrected chi connectivity index (χ2v) is 8.81. The first-order valence-corrected chi connectivity index (χ1v) is 10.5. The second-order valence-electron chi connectivity index (χ2n) is 8.81. The Morgan fingerprint density at radius 1 is 1.11 bits per heavy atom. The Labute approximate surface area is 168 Å². The molecule has 0 spiro atoms. The molecule has 1 saturated carbocycles. The van der Waals surface area contributed by atoms with Crippen LogP contribution in [0.4, 0.5) is 0 Å². The molecule has 4 atom stereocenters. The van der Waals surface area contributed by atoms with E-state index in [1.807, 2.05) is 30.0 Å². The lowest BCUT2D eigenvalue weighted by Gasteiger charge is -2.44. The van der Waals surface area contributed by atoms with Gasteiger partial charge in [-0.3, -0.25) is 9.69 Å². The smallest absolute Gasteiger partial charge is 0.254 e. The van der Waals surface area contributed by atoms with Gasteiger partial charge >= 0.3 is 0 Å². The molecule has 2 heterocycles. The first kappa shape index (κ1) is 19.7. The van der Waals surface area contributed by atoms with E-state index < -0.39 is 0 Å². The largest absolute Gasteiger partial charge is 0.496 e. The Morgan fingerprint density at radius 3 is 2.46 bits per heavy atom. The van der Waals surface area contributed by atoms with Gasteiger partial charge in [0.05, 0.1) is 13.2 Å². The van der Waals surface area contributed by atoms with E-state index in [1.165, 1.54) is 0 Å². The summed E-state index contributed by atoms with van der Waals surface area (Å²) < 4.78 is 5.38. The summed E-state index contributed by atoms with van der Waals surface area (Å²) in [4.78, 5) is 20.0. The molecule has 0 aromatic heterocycles. The molecule has 0 radical (unpaired) electrons. The molecular weight excluding hydrogens is 354 g/mol. The van der Waals surface area contributed by atoms with Gasteiger partial charge < -0.3 is 19.6 Å². The van der Waals surface area contributed by atoms with Gasteiger partial charge in [-0.25, -0.2) is 0 Å². The Balaban J connectivity index is 1.44. The van der Waals surface area contributed by atoms with Crippen LogP contribution >= 0.6 is 0 Å². The van der Waals surface area contributed by atoms with Crippen molar-refractivity contribution in [1.82, 2.24) is 14.7 Å². The van der Waals surface area contributed by atoms with Crippen molar-refractivity contribution < 1.29 is 14.6 Å². The molecule has 6 nitrogen and oxygen atoms in total. The highest BCUT2D eigenvalue weighted by molar-refractivity contribution is 5.96. The van der Waals surface area contributed by atoms with Gasteiger partial charge in [-0.1, -0.05) is 6.07 Å². The highest BCUT2D eigenvalue weighted by Crippen LogP contribution is 2.39. The number of hydrogen-bond acceptors (Lipinski definition) is 5. The fourth-order valence-electron chi connectivity index (χ4n) is 5.36. The number of likely N-dealkylation sites (N-methyl/N-ethyl adjacent to an activating group) is 1. The average Bonchev–Trinajstić information content (AvgIpc) is 3.10. The number of benzene rings is 1. The lowest BCUT2D eigenvalue weighted by atomic mass is 9.77. The number of aliphatic hydroxyl groups excluding tert-OH is 1. The van der Waals surface area contributed by atoms with Crippen LogP contribution in [0.25, 0.3) is 0 Å². The number of hydrogen-bond donors (Lipinski definition) is 1. The third-order valence-corrected chi connectivity index (χ3v) is 7.14. The number of aliphatic hydroxyl groups is 1. The van der Waals surface area contributed by atoms with E-state index in [-0.39, 0.29) is 18.1 Å². The van der Waals surface area contributed by atoms with Gasteiger partial charge in [0.2, 0.25) is 0 Å². The molecule has 4 rings (SSSR count). The lowest BCUT2D eigenvalue weighted by Crippen LogP contribution is -2.55. The number of fused-ring (bicyclic) bond motifs is 1. The first-order chi connectivity index (χ1) is 13.5. The standard InChI is InChI=1S/C22H33N3O3/c1-15-18(5-4-6-21(15)28-3)22(27)25-13-16-11-19(20(26)12-17(16)14-25)24-9-7-23(2)8-10-24/h4-6,16-17,19-20,26H,7-14H2,1-3H3/t16-,17+,19-,20-/m1/s1. The molecule has 1 N–H and O–H groups in total. The van der Waals surface area contributed by atoms with Crippen molar-refractivity contribution in [3.05, 3.63) is 29.3 Å². The van der Waals surface area contributed by atoms with Crippen LogP contribution in [0.5, 0.6) is 5.75 Å². The van der Waals surface area contributed by atoms with Crippen LogP contribution in [-0.2, 0) is 0 Å². The van der Waals surface area contributed by atoms with E-state index in [1.54, 1.807) is 7.11 Å². The number of carbonyl (C=O) groups is 1. The van der Waals surface area contributed by atoms with Gasteiger partial charge in [0.25, 0.3) is 5.91 Å². The Bertz CT molecular complexity index is 717. The third kappa shape index (κ3) is 3.65. The highest BCUT2D eigenvalue weighted by Gasteiger charge is 2.45. The number of rotatable bonds is 3. The van der Waals surface area contributed by atoms with E-state index in [4.69, 9.17) is 4.74 Å². The predicted octanol–water partition coefficient (Wildman–Crippen LogP) is 1.46. The summed E-state index contributed by atoms with van der Waals surface area (Å²) in [5.41, 5.74) is 1.63. The van der Waals surface area contributed by atoms with Crippen molar-refractivity contribution in [2.24, 2.45) is 11.8 Å². The topological polar surface area (TPSA) is 56.2 Å². The fraction of sp³-hybridized carbons (Fsp3) is 0.682. The zero-order valence-corrected chi connectivity index (χ0v) is 17.3.